The molecule has 0 unspecified atom stereocenters. The second kappa shape index (κ2) is 9.79. The zero-order chi connectivity index (χ0) is 25.2. The van der Waals surface area contributed by atoms with E-state index in [0.29, 0.717) is 10.6 Å². The number of alkyl halides is 3. The number of rotatable bonds is 6. The van der Waals surface area contributed by atoms with Crippen LogP contribution < -0.4 is 16.7 Å². The van der Waals surface area contributed by atoms with Crippen molar-refractivity contribution in [2.75, 3.05) is 5.32 Å². The number of hydrogen-bond donors (Lipinski definition) is 1. The van der Waals surface area contributed by atoms with E-state index in [1.54, 1.807) is 36.4 Å². The molecular weight excluding hydrogens is 481 g/mol. The van der Waals surface area contributed by atoms with E-state index in [9.17, 15) is 22.8 Å². The number of aromatic nitrogens is 3. The third kappa shape index (κ3) is 5.81. The van der Waals surface area contributed by atoms with Crippen LogP contribution in [0.4, 0.5) is 24.8 Å². The molecule has 4 aromatic rings. The average molecular weight is 501 g/mol. The van der Waals surface area contributed by atoms with Gasteiger partial charge in [-0.05, 0) is 48.4 Å². The lowest BCUT2D eigenvalue weighted by atomic mass is 10.1. The molecule has 0 atom stereocenters. The summed E-state index contributed by atoms with van der Waals surface area (Å²) < 4.78 is 41.7. The Labute approximate surface area is 203 Å². The molecule has 0 bridgehead atoms. The topological polar surface area (TPSA) is 68.9 Å². The largest absolute Gasteiger partial charge is 0.416 e. The highest BCUT2D eigenvalue weighted by Gasteiger charge is 2.30. The monoisotopic (exact) mass is 500 g/mol. The van der Waals surface area contributed by atoms with Crippen molar-refractivity contribution in [1.29, 1.82) is 0 Å². The lowest BCUT2D eigenvalue weighted by Gasteiger charge is -2.16. The normalized spacial score (nSPS) is 11.5. The molecule has 0 amide bonds. The molecule has 0 radical (unpaired) electrons. The van der Waals surface area contributed by atoms with Gasteiger partial charge in [-0.2, -0.15) is 18.2 Å². The Morgan fingerprint density at radius 3 is 2.11 bits per heavy atom. The SMILES string of the molecule is Cc1ccc(Cn2c(=O)nc(Nc3cccc(C(F)(F)F)c3)n(Cc3ccc(Cl)cc3)c2=O)cc1. The highest BCUT2D eigenvalue weighted by atomic mass is 35.5. The smallest absolute Gasteiger partial charge is 0.325 e. The van der Waals surface area contributed by atoms with E-state index in [0.717, 1.165) is 27.8 Å². The minimum atomic E-state index is -4.55. The number of nitrogens with zero attached hydrogens (tertiary/aromatic N) is 3. The van der Waals surface area contributed by atoms with Crippen molar-refractivity contribution in [3.8, 4) is 0 Å². The molecule has 1 heterocycles. The first-order valence-electron chi connectivity index (χ1n) is 10.6. The van der Waals surface area contributed by atoms with Crippen LogP contribution in [0, 0.1) is 6.92 Å². The van der Waals surface area contributed by atoms with Gasteiger partial charge in [-0.25, -0.2) is 14.2 Å². The summed E-state index contributed by atoms with van der Waals surface area (Å²) >= 11 is 5.95. The van der Waals surface area contributed by atoms with Crippen molar-refractivity contribution in [3.63, 3.8) is 0 Å². The molecule has 0 aliphatic carbocycles. The van der Waals surface area contributed by atoms with Crippen molar-refractivity contribution in [1.82, 2.24) is 14.1 Å². The lowest BCUT2D eigenvalue weighted by molar-refractivity contribution is -0.137. The van der Waals surface area contributed by atoms with E-state index >= 15 is 0 Å². The molecular formula is C25H20ClF3N4O2. The van der Waals surface area contributed by atoms with E-state index < -0.39 is 23.1 Å². The Morgan fingerprint density at radius 1 is 0.886 bits per heavy atom. The number of halogens is 4. The van der Waals surface area contributed by atoms with Crippen LogP contribution in [0.3, 0.4) is 0 Å². The zero-order valence-electron chi connectivity index (χ0n) is 18.5. The Hall–Kier alpha value is -3.85. The maximum absolute atomic E-state index is 13.4. The number of benzene rings is 3. The minimum Gasteiger partial charge on any atom is -0.325 e. The van der Waals surface area contributed by atoms with Gasteiger partial charge < -0.3 is 5.32 Å². The summed E-state index contributed by atoms with van der Waals surface area (Å²) in [6, 6.07) is 18.5. The van der Waals surface area contributed by atoms with Crippen LogP contribution in [0.15, 0.2) is 82.4 Å². The van der Waals surface area contributed by atoms with Crippen LogP contribution in [0.5, 0.6) is 0 Å². The summed E-state index contributed by atoms with van der Waals surface area (Å²) in [5, 5.41) is 3.21. The summed E-state index contributed by atoms with van der Waals surface area (Å²) in [5.41, 5.74) is 0.126. The first kappa shape index (κ1) is 24.3. The highest BCUT2D eigenvalue weighted by Crippen LogP contribution is 2.31. The molecule has 0 spiro atoms. The van der Waals surface area contributed by atoms with E-state index in [-0.39, 0.29) is 24.7 Å². The van der Waals surface area contributed by atoms with Gasteiger partial charge in [0.1, 0.15) is 0 Å². The van der Waals surface area contributed by atoms with Gasteiger partial charge in [0, 0.05) is 10.7 Å². The fraction of sp³-hybridized carbons (Fsp3) is 0.160. The van der Waals surface area contributed by atoms with Crippen LogP contribution >= 0.6 is 11.6 Å². The van der Waals surface area contributed by atoms with Crippen LogP contribution in [0.25, 0.3) is 0 Å². The first-order valence-corrected chi connectivity index (χ1v) is 10.9. The van der Waals surface area contributed by atoms with Crippen molar-refractivity contribution < 1.29 is 13.2 Å². The molecule has 0 aliphatic heterocycles. The fourth-order valence-electron chi connectivity index (χ4n) is 3.45. The predicted molar refractivity (Wildman–Crippen MR) is 128 cm³/mol. The van der Waals surface area contributed by atoms with Crippen LogP contribution in [-0.2, 0) is 19.3 Å². The van der Waals surface area contributed by atoms with Crippen molar-refractivity contribution in [2.24, 2.45) is 0 Å². The summed E-state index contributed by atoms with van der Waals surface area (Å²) in [7, 11) is 0. The molecule has 0 saturated carbocycles. The summed E-state index contributed by atoms with van der Waals surface area (Å²) in [6.45, 7) is 1.93. The number of hydrogen-bond acceptors (Lipinski definition) is 4. The standard InChI is InChI=1S/C25H20ClF3N4O2/c1-16-5-7-17(8-6-16)15-33-23(34)31-22(30-21-4-2-3-19(13-21)25(27,28)29)32(24(33)35)14-18-9-11-20(26)12-10-18/h2-13H,14-15H2,1H3,(H,30,31,34). The Morgan fingerprint density at radius 2 is 1.49 bits per heavy atom. The zero-order valence-corrected chi connectivity index (χ0v) is 19.3. The van der Waals surface area contributed by atoms with Gasteiger partial charge in [0.25, 0.3) is 0 Å². The van der Waals surface area contributed by atoms with Gasteiger partial charge in [-0.3, -0.25) is 4.57 Å². The molecule has 3 aromatic carbocycles. The van der Waals surface area contributed by atoms with E-state index in [4.69, 9.17) is 11.6 Å². The summed E-state index contributed by atoms with van der Waals surface area (Å²) in [5.74, 6) is -0.172. The fourth-order valence-corrected chi connectivity index (χ4v) is 3.58. The molecule has 4 rings (SSSR count). The highest BCUT2D eigenvalue weighted by molar-refractivity contribution is 6.30. The van der Waals surface area contributed by atoms with E-state index in [1.165, 1.54) is 16.7 Å². The van der Waals surface area contributed by atoms with Gasteiger partial charge in [0.05, 0.1) is 18.7 Å². The summed E-state index contributed by atoms with van der Waals surface area (Å²) in [4.78, 5) is 30.2. The quantitative estimate of drug-likeness (QED) is 0.394. The third-order valence-electron chi connectivity index (χ3n) is 5.31. The van der Waals surface area contributed by atoms with Crippen molar-refractivity contribution in [3.05, 3.63) is 121 Å². The van der Waals surface area contributed by atoms with Gasteiger partial charge in [-0.1, -0.05) is 59.6 Å². The van der Waals surface area contributed by atoms with Gasteiger partial charge in [-0.15, -0.1) is 0 Å². The molecule has 0 fully saturated rings. The van der Waals surface area contributed by atoms with E-state index in [2.05, 4.69) is 10.3 Å². The first-order chi connectivity index (χ1) is 16.6. The Bertz CT molecular complexity index is 1460. The van der Waals surface area contributed by atoms with Gasteiger partial charge >= 0.3 is 17.6 Å². The summed E-state index contributed by atoms with van der Waals surface area (Å²) in [6.07, 6.45) is -4.55. The molecule has 6 nitrogen and oxygen atoms in total. The molecule has 0 aliphatic rings. The van der Waals surface area contributed by atoms with E-state index in [1.807, 2.05) is 19.1 Å². The number of aryl methyl sites for hydroxylation is 1. The average Bonchev–Trinajstić information content (AvgIpc) is 2.81. The second-order valence-electron chi connectivity index (χ2n) is 7.99. The molecule has 35 heavy (non-hydrogen) atoms. The maximum Gasteiger partial charge on any atom is 0.416 e. The van der Waals surface area contributed by atoms with Crippen LogP contribution in [-0.4, -0.2) is 14.1 Å². The Balaban J connectivity index is 1.79. The van der Waals surface area contributed by atoms with Crippen LogP contribution in [0.1, 0.15) is 22.3 Å². The number of anilines is 2. The van der Waals surface area contributed by atoms with Crippen molar-refractivity contribution >= 4 is 23.2 Å². The Kier molecular flexibility index (Phi) is 6.79. The number of nitrogens with one attached hydrogen (secondary N) is 1. The maximum atomic E-state index is 13.4. The lowest BCUT2D eigenvalue weighted by Crippen LogP contribution is -2.43. The van der Waals surface area contributed by atoms with Crippen LogP contribution in [0.2, 0.25) is 5.02 Å². The molecule has 0 saturated heterocycles. The predicted octanol–water partition coefficient (Wildman–Crippen LogP) is 5.23. The molecule has 180 valence electrons. The van der Waals surface area contributed by atoms with Crippen molar-refractivity contribution in [2.45, 2.75) is 26.2 Å². The van der Waals surface area contributed by atoms with Gasteiger partial charge in [0.15, 0.2) is 0 Å². The molecule has 10 heteroatoms. The molecule has 1 aromatic heterocycles. The van der Waals surface area contributed by atoms with Gasteiger partial charge in [0.2, 0.25) is 5.95 Å². The minimum absolute atomic E-state index is 0.00456. The second-order valence-corrected chi connectivity index (χ2v) is 8.42. The molecule has 1 N–H and O–H groups in total. The third-order valence-corrected chi connectivity index (χ3v) is 5.56.